The van der Waals surface area contributed by atoms with Crippen molar-refractivity contribution in [2.24, 2.45) is 0 Å². The Morgan fingerprint density at radius 2 is 1.25 bits per heavy atom. The highest BCUT2D eigenvalue weighted by Gasteiger charge is 2.41. The highest BCUT2D eigenvalue weighted by atomic mass is 16.2. The minimum absolute atomic E-state index is 0.0550. The van der Waals surface area contributed by atoms with E-state index in [9.17, 15) is 14.4 Å². The SMILES string of the molecule is Cc1cc(/C=C2/C(=O)N(C)C(=O)N(c3ccccc3)C2=O)c(C)n1-c1ccc(-c2ccccc2)cc1. The van der Waals surface area contributed by atoms with Crippen molar-refractivity contribution in [1.29, 1.82) is 0 Å². The lowest BCUT2D eigenvalue weighted by molar-refractivity contribution is -0.128. The molecule has 0 atom stereocenters. The summed E-state index contributed by atoms with van der Waals surface area (Å²) in [5.74, 6) is -1.25. The summed E-state index contributed by atoms with van der Waals surface area (Å²) in [6.45, 7) is 3.93. The maximum Gasteiger partial charge on any atom is 0.338 e. The number of hydrogen-bond donors (Lipinski definition) is 0. The molecule has 0 N–H and O–H groups in total. The molecule has 1 fully saturated rings. The predicted molar refractivity (Wildman–Crippen MR) is 141 cm³/mol. The minimum Gasteiger partial charge on any atom is -0.318 e. The van der Waals surface area contributed by atoms with Crippen LogP contribution >= 0.6 is 0 Å². The van der Waals surface area contributed by atoms with E-state index in [0.29, 0.717) is 5.69 Å². The number of amides is 4. The van der Waals surface area contributed by atoms with Gasteiger partial charge in [-0.05, 0) is 66.9 Å². The van der Waals surface area contributed by atoms with E-state index >= 15 is 0 Å². The molecule has 0 aliphatic carbocycles. The molecule has 5 rings (SSSR count). The lowest BCUT2D eigenvalue weighted by Gasteiger charge is -2.31. The first-order valence-corrected chi connectivity index (χ1v) is 11.6. The van der Waals surface area contributed by atoms with Gasteiger partial charge < -0.3 is 4.57 Å². The lowest BCUT2D eigenvalue weighted by Crippen LogP contribution is -2.55. The first-order valence-electron chi connectivity index (χ1n) is 11.6. The molecule has 2 heterocycles. The number of imide groups is 2. The molecule has 0 bridgehead atoms. The molecule has 178 valence electrons. The second-order valence-electron chi connectivity index (χ2n) is 8.76. The number of urea groups is 1. The molecule has 36 heavy (non-hydrogen) atoms. The zero-order valence-electron chi connectivity index (χ0n) is 20.3. The first-order chi connectivity index (χ1) is 17.4. The third kappa shape index (κ3) is 3.92. The van der Waals surface area contributed by atoms with Crippen LogP contribution in [0.15, 0.2) is 96.6 Å². The van der Waals surface area contributed by atoms with Crippen molar-refractivity contribution in [3.63, 3.8) is 0 Å². The maximum atomic E-state index is 13.3. The molecule has 0 spiro atoms. The van der Waals surface area contributed by atoms with Gasteiger partial charge in [-0.2, -0.15) is 0 Å². The van der Waals surface area contributed by atoms with Gasteiger partial charge in [0.2, 0.25) is 0 Å². The fourth-order valence-corrected chi connectivity index (χ4v) is 4.56. The van der Waals surface area contributed by atoms with Crippen molar-refractivity contribution < 1.29 is 14.4 Å². The molecule has 1 aromatic heterocycles. The smallest absolute Gasteiger partial charge is 0.318 e. The van der Waals surface area contributed by atoms with Crippen LogP contribution in [0.1, 0.15) is 17.0 Å². The van der Waals surface area contributed by atoms with Gasteiger partial charge in [0.1, 0.15) is 5.57 Å². The van der Waals surface area contributed by atoms with Crippen LogP contribution in [0.25, 0.3) is 22.9 Å². The van der Waals surface area contributed by atoms with Gasteiger partial charge in [0, 0.05) is 24.1 Å². The van der Waals surface area contributed by atoms with Gasteiger partial charge in [0.05, 0.1) is 5.69 Å². The zero-order valence-corrected chi connectivity index (χ0v) is 20.3. The van der Waals surface area contributed by atoms with E-state index in [-0.39, 0.29) is 5.57 Å². The fraction of sp³-hybridized carbons (Fsp3) is 0.100. The average Bonchev–Trinajstić information content (AvgIpc) is 3.19. The van der Waals surface area contributed by atoms with Crippen molar-refractivity contribution in [3.05, 3.63) is 114 Å². The van der Waals surface area contributed by atoms with Gasteiger partial charge in [0.15, 0.2) is 0 Å². The van der Waals surface area contributed by atoms with Crippen molar-refractivity contribution >= 4 is 29.6 Å². The van der Waals surface area contributed by atoms with Crippen LogP contribution in [0.5, 0.6) is 0 Å². The van der Waals surface area contributed by atoms with Gasteiger partial charge >= 0.3 is 6.03 Å². The number of anilines is 1. The van der Waals surface area contributed by atoms with E-state index in [0.717, 1.165) is 43.6 Å². The molecule has 4 aromatic rings. The summed E-state index contributed by atoms with van der Waals surface area (Å²) in [5, 5.41) is 0. The number of hydrogen-bond acceptors (Lipinski definition) is 3. The Kier molecular flexibility index (Phi) is 5.86. The van der Waals surface area contributed by atoms with Crippen LogP contribution in [-0.4, -0.2) is 34.4 Å². The molecule has 0 saturated carbocycles. The van der Waals surface area contributed by atoms with Gasteiger partial charge in [-0.25, -0.2) is 9.69 Å². The summed E-state index contributed by atoms with van der Waals surface area (Å²) in [7, 11) is 1.39. The number of para-hydroxylation sites is 1. The molecule has 1 aliphatic rings. The van der Waals surface area contributed by atoms with E-state index in [2.05, 4.69) is 41.0 Å². The molecular weight excluding hydrogens is 450 g/mol. The molecule has 6 heteroatoms. The Morgan fingerprint density at radius 3 is 1.89 bits per heavy atom. The van der Waals surface area contributed by atoms with Crippen LogP contribution in [0.2, 0.25) is 0 Å². The molecule has 6 nitrogen and oxygen atoms in total. The first kappa shape index (κ1) is 23.1. The quantitative estimate of drug-likeness (QED) is 0.278. The molecular formula is C30H25N3O3. The van der Waals surface area contributed by atoms with Crippen molar-refractivity contribution in [2.45, 2.75) is 13.8 Å². The highest BCUT2D eigenvalue weighted by Crippen LogP contribution is 2.29. The summed E-state index contributed by atoms with van der Waals surface area (Å²) in [5.41, 5.74) is 6.21. The largest absolute Gasteiger partial charge is 0.338 e. The fourth-order valence-electron chi connectivity index (χ4n) is 4.56. The van der Waals surface area contributed by atoms with E-state index in [1.807, 2.05) is 38.1 Å². The average molecular weight is 476 g/mol. The highest BCUT2D eigenvalue weighted by molar-refractivity contribution is 6.39. The number of nitrogens with zero attached hydrogens (tertiary/aromatic N) is 3. The number of likely N-dealkylation sites (N-methyl/N-ethyl adjacent to an activating group) is 1. The third-order valence-electron chi connectivity index (χ3n) is 6.46. The summed E-state index contributed by atoms with van der Waals surface area (Å²) in [4.78, 5) is 41.1. The Bertz CT molecular complexity index is 1500. The maximum absolute atomic E-state index is 13.3. The summed E-state index contributed by atoms with van der Waals surface area (Å²) in [6, 6.07) is 28.3. The minimum atomic E-state index is -0.669. The lowest BCUT2D eigenvalue weighted by atomic mass is 10.1. The van der Waals surface area contributed by atoms with Crippen molar-refractivity contribution in [3.8, 4) is 16.8 Å². The van der Waals surface area contributed by atoms with Crippen molar-refractivity contribution in [2.75, 3.05) is 11.9 Å². The van der Waals surface area contributed by atoms with E-state index < -0.39 is 17.8 Å². The number of aromatic nitrogens is 1. The Labute approximate surface area is 209 Å². The Balaban J connectivity index is 1.52. The van der Waals surface area contributed by atoms with E-state index in [1.54, 1.807) is 36.4 Å². The predicted octanol–water partition coefficient (Wildman–Crippen LogP) is 5.77. The number of carbonyl (C=O) groups excluding carboxylic acids is 3. The van der Waals surface area contributed by atoms with Crippen LogP contribution in [0, 0.1) is 13.8 Å². The van der Waals surface area contributed by atoms with E-state index in [4.69, 9.17) is 0 Å². The zero-order chi connectivity index (χ0) is 25.4. The van der Waals surface area contributed by atoms with Crippen molar-refractivity contribution in [1.82, 2.24) is 9.47 Å². The molecule has 1 saturated heterocycles. The van der Waals surface area contributed by atoms with E-state index in [1.165, 1.54) is 7.05 Å². The molecule has 0 unspecified atom stereocenters. The topological polar surface area (TPSA) is 62.6 Å². The summed E-state index contributed by atoms with van der Waals surface area (Å²) in [6.07, 6.45) is 1.58. The van der Waals surface area contributed by atoms with Gasteiger partial charge in [-0.15, -0.1) is 0 Å². The standard InChI is InChI=1S/C30H25N3O3/c1-20-18-24(21(2)32(20)26-16-14-23(15-17-26)22-10-6-4-7-11-22)19-27-28(34)31(3)30(36)33(29(27)35)25-12-8-5-9-13-25/h4-19H,1-3H3/b27-19-. The molecule has 1 aliphatic heterocycles. The second-order valence-corrected chi connectivity index (χ2v) is 8.76. The molecule has 3 aromatic carbocycles. The monoisotopic (exact) mass is 475 g/mol. The number of rotatable bonds is 4. The van der Waals surface area contributed by atoms with Gasteiger partial charge in [-0.3, -0.25) is 14.5 Å². The molecule has 4 amide bonds. The van der Waals surface area contributed by atoms with Crippen LogP contribution < -0.4 is 4.90 Å². The van der Waals surface area contributed by atoms with Gasteiger partial charge in [-0.1, -0.05) is 60.7 Å². The number of benzene rings is 3. The second kappa shape index (κ2) is 9.15. The van der Waals surface area contributed by atoms with Crippen LogP contribution in [-0.2, 0) is 9.59 Å². The number of barbiturate groups is 1. The third-order valence-corrected chi connectivity index (χ3v) is 6.46. The Hall–Kier alpha value is -4.71. The summed E-state index contributed by atoms with van der Waals surface area (Å²) >= 11 is 0. The number of carbonyl (C=O) groups is 3. The number of aryl methyl sites for hydroxylation is 1. The van der Waals surface area contributed by atoms with Crippen LogP contribution in [0.4, 0.5) is 10.5 Å². The Morgan fingerprint density at radius 1 is 0.667 bits per heavy atom. The van der Waals surface area contributed by atoms with Gasteiger partial charge in [0.25, 0.3) is 11.8 Å². The summed E-state index contributed by atoms with van der Waals surface area (Å²) < 4.78 is 2.09. The molecule has 0 radical (unpaired) electrons. The van der Waals surface area contributed by atoms with Crippen LogP contribution in [0.3, 0.4) is 0 Å². The normalized spacial score (nSPS) is 15.2.